The predicted molar refractivity (Wildman–Crippen MR) is 82.1 cm³/mol. The van der Waals surface area contributed by atoms with Crippen LogP contribution in [0.15, 0.2) is 36.4 Å². The second kappa shape index (κ2) is 6.56. The molecule has 2 aromatic rings. The van der Waals surface area contributed by atoms with Gasteiger partial charge in [-0.3, -0.25) is 10.1 Å². The zero-order valence-corrected chi connectivity index (χ0v) is 12.5. The Hall–Kier alpha value is -2.11. The van der Waals surface area contributed by atoms with Crippen LogP contribution in [0, 0.1) is 17.0 Å². The van der Waals surface area contributed by atoms with Crippen LogP contribution < -0.4 is 10.1 Å². The van der Waals surface area contributed by atoms with Gasteiger partial charge in [0.2, 0.25) is 0 Å². The standard InChI is InChI=1S/C15H15ClN2O3/c1-10-7-11(9-17-2)3-5-14(10)21-15-6-4-12(18(19)20)8-13(15)16/h3-8,17H,9H2,1-2H3. The van der Waals surface area contributed by atoms with Crippen molar-refractivity contribution >= 4 is 17.3 Å². The minimum atomic E-state index is -0.493. The van der Waals surface area contributed by atoms with E-state index in [1.165, 1.54) is 18.2 Å². The van der Waals surface area contributed by atoms with Crippen LogP contribution in [0.4, 0.5) is 5.69 Å². The Morgan fingerprint density at radius 3 is 2.52 bits per heavy atom. The van der Waals surface area contributed by atoms with E-state index < -0.39 is 4.92 Å². The first-order chi connectivity index (χ1) is 10.0. The average molecular weight is 307 g/mol. The second-order valence-corrected chi connectivity index (χ2v) is 5.01. The molecule has 0 aliphatic rings. The van der Waals surface area contributed by atoms with Crippen LogP contribution in [0.1, 0.15) is 11.1 Å². The Kier molecular flexibility index (Phi) is 4.77. The van der Waals surface area contributed by atoms with Crippen LogP contribution in [0.2, 0.25) is 5.02 Å². The molecule has 110 valence electrons. The van der Waals surface area contributed by atoms with Gasteiger partial charge >= 0.3 is 0 Å². The Morgan fingerprint density at radius 1 is 1.24 bits per heavy atom. The first-order valence-corrected chi connectivity index (χ1v) is 6.75. The van der Waals surface area contributed by atoms with Crippen molar-refractivity contribution in [2.75, 3.05) is 7.05 Å². The molecule has 0 atom stereocenters. The van der Waals surface area contributed by atoms with Gasteiger partial charge in [-0.05, 0) is 37.2 Å². The summed E-state index contributed by atoms with van der Waals surface area (Å²) >= 11 is 6.02. The molecule has 0 spiro atoms. The molecule has 0 amide bonds. The molecule has 21 heavy (non-hydrogen) atoms. The summed E-state index contributed by atoms with van der Waals surface area (Å²) in [5, 5.41) is 14.0. The lowest BCUT2D eigenvalue weighted by Crippen LogP contribution is -2.05. The first-order valence-electron chi connectivity index (χ1n) is 6.37. The molecular formula is C15H15ClN2O3. The summed E-state index contributed by atoms with van der Waals surface area (Å²) in [6, 6.07) is 9.98. The highest BCUT2D eigenvalue weighted by Crippen LogP contribution is 2.33. The summed E-state index contributed by atoms with van der Waals surface area (Å²) in [6.45, 7) is 2.72. The Morgan fingerprint density at radius 2 is 1.95 bits per heavy atom. The molecule has 0 saturated heterocycles. The van der Waals surface area contributed by atoms with Gasteiger partial charge in [-0.15, -0.1) is 0 Å². The van der Waals surface area contributed by atoms with E-state index in [4.69, 9.17) is 16.3 Å². The Bertz CT molecular complexity index is 674. The molecule has 0 saturated carbocycles. The lowest BCUT2D eigenvalue weighted by Gasteiger charge is -2.11. The highest BCUT2D eigenvalue weighted by molar-refractivity contribution is 6.32. The van der Waals surface area contributed by atoms with Gasteiger partial charge in [0.25, 0.3) is 5.69 Å². The molecular weight excluding hydrogens is 292 g/mol. The summed E-state index contributed by atoms with van der Waals surface area (Å²) in [7, 11) is 1.89. The Labute approximate surface area is 127 Å². The lowest BCUT2D eigenvalue weighted by molar-refractivity contribution is -0.384. The molecule has 5 nitrogen and oxygen atoms in total. The van der Waals surface area contributed by atoms with Crippen LogP contribution in [0.25, 0.3) is 0 Å². The number of benzene rings is 2. The molecule has 6 heteroatoms. The second-order valence-electron chi connectivity index (χ2n) is 4.60. The fourth-order valence-electron chi connectivity index (χ4n) is 1.94. The number of nitrogens with one attached hydrogen (secondary N) is 1. The Balaban J connectivity index is 2.24. The largest absolute Gasteiger partial charge is 0.456 e. The van der Waals surface area contributed by atoms with E-state index >= 15 is 0 Å². The number of non-ortho nitro benzene ring substituents is 1. The zero-order chi connectivity index (χ0) is 15.4. The van der Waals surface area contributed by atoms with Crippen LogP contribution >= 0.6 is 11.6 Å². The lowest BCUT2D eigenvalue weighted by atomic mass is 10.1. The van der Waals surface area contributed by atoms with E-state index in [0.29, 0.717) is 11.5 Å². The maximum Gasteiger partial charge on any atom is 0.271 e. The van der Waals surface area contributed by atoms with Crippen molar-refractivity contribution in [3.05, 3.63) is 62.7 Å². The number of nitro benzene ring substituents is 1. The zero-order valence-electron chi connectivity index (χ0n) is 11.7. The number of nitrogens with zero attached hydrogens (tertiary/aromatic N) is 1. The molecule has 0 aliphatic heterocycles. The van der Waals surface area contributed by atoms with E-state index in [0.717, 1.165) is 17.7 Å². The SMILES string of the molecule is CNCc1ccc(Oc2ccc([N+](=O)[O-])cc2Cl)c(C)c1. The van der Waals surface area contributed by atoms with Gasteiger partial charge in [-0.2, -0.15) is 0 Å². The van der Waals surface area contributed by atoms with Gasteiger partial charge in [0.1, 0.15) is 11.5 Å². The molecule has 0 aromatic heterocycles. The maximum atomic E-state index is 10.7. The van der Waals surface area contributed by atoms with Crippen molar-refractivity contribution in [1.82, 2.24) is 5.32 Å². The minimum absolute atomic E-state index is 0.0616. The van der Waals surface area contributed by atoms with Crippen molar-refractivity contribution in [2.24, 2.45) is 0 Å². The third-order valence-electron chi connectivity index (χ3n) is 2.97. The number of halogens is 1. The fourth-order valence-corrected chi connectivity index (χ4v) is 2.16. The number of aryl methyl sites for hydroxylation is 1. The van der Waals surface area contributed by atoms with Crippen molar-refractivity contribution in [1.29, 1.82) is 0 Å². The van der Waals surface area contributed by atoms with Gasteiger partial charge in [-0.1, -0.05) is 23.7 Å². The summed E-state index contributed by atoms with van der Waals surface area (Å²) in [6.07, 6.45) is 0. The van der Waals surface area contributed by atoms with Crippen molar-refractivity contribution in [3.63, 3.8) is 0 Å². The van der Waals surface area contributed by atoms with Crippen molar-refractivity contribution in [2.45, 2.75) is 13.5 Å². The van der Waals surface area contributed by atoms with Gasteiger partial charge in [0.15, 0.2) is 0 Å². The summed E-state index contributed by atoms with van der Waals surface area (Å²) in [4.78, 5) is 10.2. The van der Waals surface area contributed by atoms with Crippen LogP contribution in [-0.2, 0) is 6.54 Å². The molecule has 2 aromatic carbocycles. The summed E-state index contributed by atoms with van der Waals surface area (Å²) < 4.78 is 5.73. The topological polar surface area (TPSA) is 64.4 Å². The van der Waals surface area contributed by atoms with E-state index in [-0.39, 0.29) is 10.7 Å². The van der Waals surface area contributed by atoms with E-state index in [1.807, 2.05) is 32.2 Å². The minimum Gasteiger partial charge on any atom is -0.456 e. The highest BCUT2D eigenvalue weighted by Gasteiger charge is 2.12. The third-order valence-corrected chi connectivity index (χ3v) is 3.26. The van der Waals surface area contributed by atoms with Crippen LogP contribution in [0.3, 0.4) is 0 Å². The average Bonchev–Trinajstić information content (AvgIpc) is 2.43. The normalized spacial score (nSPS) is 10.4. The van der Waals surface area contributed by atoms with Crippen molar-refractivity contribution < 1.29 is 9.66 Å². The van der Waals surface area contributed by atoms with Crippen LogP contribution in [-0.4, -0.2) is 12.0 Å². The van der Waals surface area contributed by atoms with Crippen molar-refractivity contribution in [3.8, 4) is 11.5 Å². The molecule has 0 radical (unpaired) electrons. The quantitative estimate of drug-likeness (QED) is 0.668. The highest BCUT2D eigenvalue weighted by atomic mass is 35.5. The summed E-state index contributed by atoms with van der Waals surface area (Å²) in [5.41, 5.74) is 2.06. The van der Waals surface area contributed by atoms with E-state index in [2.05, 4.69) is 5.32 Å². The fraction of sp³-hybridized carbons (Fsp3) is 0.200. The number of ether oxygens (including phenoxy) is 1. The van der Waals surface area contributed by atoms with E-state index in [9.17, 15) is 10.1 Å². The number of rotatable bonds is 5. The van der Waals surface area contributed by atoms with Gasteiger partial charge in [0.05, 0.1) is 9.95 Å². The monoisotopic (exact) mass is 306 g/mol. The van der Waals surface area contributed by atoms with Gasteiger partial charge in [-0.25, -0.2) is 0 Å². The predicted octanol–water partition coefficient (Wildman–Crippen LogP) is 4.07. The number of nitro groups is 1. The maximum absolute atomic E-state index is 10.7. The smallest absolute Gasteiger partial charge is 0.271 e. The number of hydrogen-bond acceptors (Lipinski definition) is 4. The van der Waals surface area contributed by atoms with Gasteiger partial charge in [0, 0.05) is 18.7 Å². The summed E-state index contributed by atoms with van der Waals surface area (Å²) in [5.74, 6) is 1.07. The first kappa shape index (κ1) is 15.3. The van der Waals surface area contributed by atoms with Gasteiger partial charge < -0.3 is 10.1 Å². The third kappa shape index (κ3) is 3.71. The number of hydrogen-bond donors (Lipinski definition) is 1. The molecule has 0 fully saturated rings. The molecule has 0 aliphatic carbocycles. The van der Waals surface area contributed by atoms with E-state index in [1.54, 1.807) is 0 Å². The molecule has 1 N–H and O–H groups in total. The molecule has 2 rings (SSSR count). The molecule has 0 unspecified atom stereocenters. The molecule has 0 heterocycles. The molecule has 0 bridgehead atoms. The van der Waals surface area contributed by atoms with Crippen LogP contribution in [0.5, 0.6) is 11.5 Å².